The molecular formula is C46H32N4O. The fourth-order valence-corrected chi connectivity index (χ4v) is 8.49. The Balaban J connectivity index is 1.10. The number of furan rings is 1. The molecular weight excluding hydrogens is 625 g/mol. The zero-order valence-corrected chi connectivity index (χ0v) is 27.9. The molecule has 0 aliphatic heterocycles. The Morgan fingerprint density at radius 1 is 0.490 bits per heavy atom. The standard InChI is InChI=1S/C46H32N4O/c1-47-34-19-21-39-37(28-34)35-20-17-31(27-40(35)46(39)23-8-3-9-24-46)30-13-10-14-32(25-30)44-48-43(29-11-4-2-5-12-29)49-45(50-44)33-18-22-42-38(26-33)36-15-6-7-16-41(36)51-42/h2,4-7,10-22,25-28H,3,8-9,23-24H2. The topological polar surface area (TPSA) is 56.2 Å². The van der Waals surface area contributed by atoms with Gasteiger partial charge in [-0.15, -0.1) is 0 Å². The van der Waals surface area contributed by atoms with Crippen molar-refractivity contribution in [2.45, 2.75) is 37.5 Å². The first-order valence-corrected chi connectivity index (χ1v) is 17.7. The Hall–Kier alpha value is -6.38. The lowest BCUT2D eigenvalue weighted by atomic mass is 9.67. The zero-order chi connectivity index (χ0) is 33.9. The molecule has 2 aromatic heterocycles. The van der Waals surface area contributed by atoms with Crippen LogP contribution in [0.4, 0.5) is 5.69 Å². The molecule has 0 bridgehead atoms. The minimum absolute atomic E-state index is 0.00616. The lowest BCUT2D eigenvalue weighted by Crippen LogP contribution is -2.28. The molecule has 0 unspecified atom stereocenters. The molecule has 0 N–H and O–H groups in total. The summed E-state index contributed by atoms with van der Waals surface area (Å²) in [6.45, 7) is 7.65. The van der Waals surface area contributed by atoms with E-state index in [0.29, 0.717) is 23.2 Å². The number of para-hydroxylation sites is 1. The highest BCUT2D eigenvalue weighted by Gasteiger charge is 2.43. The van der Waals surface area contributed by atoms with Gasteiger partial charge in [0.25, 0.3) is 0 Å². The van der Waals surface area contributed by atoms with Crippen LogP contribution >= 0.6 is 0 Å². The third-order valence-electron chi connectivity index (χ3n) is 10.9. The predicted octanol–water partition coefficient (Wildman–Crippen LogP) is 12.2. The van der Waals surface area contributed by atoms with E-state index in [4.69, 9.17) is 25.9 Å². The molecule has 5 heteroatoms. The van der Waals surface area contributed by atoms with Crippen molar-refractivity contribution in [1.29, 1.82) is 0 Å². The Morgan fingerprint density at radius 2 is 1.16 bits per heavy atom. The van der Waals surface area contributed by atoms with E-state index >= 15 is 0 Å². The second-order valence-corrected chi connectivity index (χ2v) is 13.8. The molecule has 0 saturated heterocycles. The Bertz CT molecular complexity index is 2700. The van der Waals surface area contributed by atoms with E-state index in [0.717, 1.165) is 57.0 Å². The summed E-state index contributed by atoms with van der Waals surface area (Å²) in [6, 6.07) is 46.2. The van der Waals surface area contributed by atoms with Gasteiger partial charge in [-0.25, -0.2) is 19.8 Å². The van der Waals surface area contributed by atoms with Crippen LogP contribution < -0.4 is 0 Å². The van der Waals surface area contributed by atoms with Crippen molar-refractivity contribution < 1.29 is 4.42 Å². The normalized spacial score (nSPS) is 14.4. The highest BCUT2D eigenvalue weighted by molar-refractivity contribution is 6.06. The lowest BCUT2D eigenvalue weighted by molar-refractivity contribution is 0.353. The molecule has 0 atom stereocenters. The highest BCUT2D eigenvalue weighted by Crippen LogP contribution is 2.57. The maximum atomic E-state index is 7.65. The maximum Gasteiger partial charge on any atom is 0.187 e. The molecule has 1 fully saturated rings. The van der Waals surface area contributed by atoms with Gasteiger partial charge in [-0.3, -0.25) is 0 Å². The molecule has 1 spiro atoms. The van der Waals surface area contributed by atoms with Crippen LogP contribution in [-0.4, -0.2) is 15.0 Å². The van der Waals surface area contributed by atoms with Crippen molar-refractivity contribution in [1.82, 2.24) is 15.0 Å². The van der Waals surface area contributed by atoms with E-state index in [1.54, 1.807) is 0 Å². The van der Waals surface area contributed by atoms with Crippen molar-refractivity contribution in [3.63, 3.8) is 0 Å². The van der Waals surface area contributed by atoms with E-state index in [2.05, 4.69) is 71.6 Å². The summed E-state index contributed by atoms with van der Waals surface area (Å²) in [5.41, 5.74) is 12.8. The van der Waals surface area contributed by atoms with Crippen LogP contribution in [0.15, 0.2) is 138 Å². The number of nitrogens with zero attached hydrogens (tertiary/aromatic N) is 4. The number of hydrogen-bond donors (Lipinski definition) is 0. The van der Waals surface area contributed by atoms with E-state index in [1.165, 1.54) is 47.1 Å². The van der Waals surface area contributed by atoms with Crippen LogP contribution in [0.5, 0.6) is 0 Å². The van der Waals surface area contributed by atoms with Crippen LogP contribution in [0, 0.1) is 6.57 Å². The van der Waals surface area contributed by atoms with Crippen molar-refractivity contribution in [2.75, 3.05) is 0 Å². The SMILES string of the molecule is [C-]#[N+]c1ccc2c(c1)-c1ccc(-c3cccc(-c4nc(-c5ccccc5)nc(-c5ccc6oc7ccccc7c6c5)n4)c3)cc1C21CCCCC1. The third kappa shape index (κ3) is 4.79. The van der Waals surface area contributed by atoms with Crippen molar-refractivity contribution in [3.05, 3.63) is 156 Å². The predicted molar refractivity (Wildman–Crippen MR) is 204 cm³/mol. The first-order chi connectivity index (χ1) is 25.2. The summed E-state index contributed by atoms with van der Waals surface area (Å²) in [4.78, 5) is 18.9. The van der Waals surface area contributed by atoms with E-state index < -0.39 is 0 Å². The molecule has 5 nitrogen and oxygen atoms in total. The Labute approximate surface area is 296 Å². The quantitative estimate of drug-likeness (QED) is 0.177. The number of fused-ring (bicyclic) bond motifs is 8. The molecule has 1 saturated carbocycles. The van der Waals surface area contributed by atoms with Crippen LogP contribution in [0.25, 0.3) is 83.2 Å². The molecule has 51 heavy (non-hydrogen) atoms. The van der Waals surface area contributed by atoms with E-state index in [9.17, 15) is 0 Å². The number of rotatable bonds is 4. The first-order valence-electron chi connectivity index (χ1n) is 17.7. The second kappa shape index (κ2) is 11.6. The monoisotopic (exact) mass is 656 g/mol. The van der Waals surface area contributed by atoms with E-state index in [1.807, 2.05) is 66.7 Å². The Morgan fingerprint density at radius 3 is 1.98 bits per heavy atom. The molecule has 2 heterocycles. The molecule has 2 aliphatic rings. The second-order valence-electron chi connectivity index (χ2n) is 13.8. The minimum Gasteiger partial charge on any atom is -0.456 e. The number of hydrogen-bond acceptors (Lipinski definition) is 4. The van der Waals surface area contributed by atoms with Crippen molar-refractivity contribution >= 4 is 27.6 Å². The molecule has 10 rings (SSSR count). The van der Waals surface area contributed by atoms with Gasteiger partial charge < -0.3 is 4.42 Å². The fraction of sp³-hybridized carbons (Fsp3) is 0.130. The van der Waals surface area contributed by atoms with Gasteiger partial charge >= 0.3 is 0 Å². The van der Waals surface area contributed by atoms with Gasteiger partial charge in [0.2, 0.25) is 0 Å². The summed E-state index contributed by atoms with van der Waals surface area (Å²) in [6.07, 6.45) is 6.00. The van der Waals surface area contributed by atoms with Crippen molar-refractivity contribution in [3.8, 4) is 56.4 Å². The first kappa shape index (κ1) is 29.5. The molecule has 0 radical (unpaired) electrons. The van der Waals surface area contributed by atoms with Crippen LogP contribution in [0.3, 0.4) is 0 Å². The average Bonchev–Trinajstić information content (AvgIpc) is 3.70. The highest BCUT2D eigenvalue weighted by atomic mass is 16.3. The van der Waals surface area contributed by atoms with E-state index in [-0.39, 0.29) is 5.41 Å². The van der Waals surface area contributed by atoms with Gasteiger partial charge in [0.05, 0.1) is 6.57 Å². The largest absolute Gasteiger partial charge is 0.456 e. The smallest absolute Gasteiger partial charge is 0.187 e. The van der Waals surface area contributed by atoms with Gasteiger partial charge in [-0.1, -0.05) is 110 Å². The maximum absolute atomic E-state index is 7.65. The van der Waals surface area contributed by atoms with Crippen LogP contribution in [-0.2, 0) is 5.41 Å². The fourth-order valence-electron chi connectivity index (χ4n) is 8.49. The van der Waals surface area contributed by atoms with Gasteiger partial charge in [0.1, 0.15) is 11.2 Å². The molecule has 2 aliphatic carbocycles. The summed E-state index contributed by atoms with van der Waals surface area (Å²) in [7, 11) is 0. The van der Waals surface area contributed by atoms with Crippen molar-refractivity contribution in [2.24, 2.45) is 0 Å². The number of aromatic nitrogens is 3. The molecule has 6 aromatic carbocycles. The summed E-state index contributed by atoms with van der Waals surface area (Å²) >= 11 is 0. The van der Waals surface area contributed by atoms with Gasteiger partial charge in [-0.2, -0.15) is 0 Å². The molecule has 8 aromatic rings. The third-order valence-corrected chi connectivity index (χ3v) is 10.9. The van der Waals surface area contributed by atoms with Gasteiger partial charge in [-0.05, 0) is 88.7 Å². The Kier molecular flexibility index (Phi) is 6.72. The average molecular weight is 657 g/mol. The molecule has 0 amide bonds. The summed E-state index contributed by atoms with van der Waals surface area (Å²) in [5.74, 6) is 1.87. The van der Waals surface area contributed by atoms with Gasteiger partial charge in [0.15, 0.2) is 23.2 Å². The minimum atomic E-state index is 0.00616. The van der Waals surface area contributed by atoms with Gasteiger partial charge in [0, 0.05) is 32.9 Å². The number of benzene rings is 6. The summed E-state index contributed by atoms with van der Waals surface area (Å²) in [5, 5.41) is 2.10. The van der Waals surface area contributed by atoms with Crippen LogP contribution in [0.1, 0.15) is 43.2 Å². The lowest BCUT2D eigenvalue weighted by Gasteiger charge is -2.36. The summed E-state index contributed by atoms with van der Waals surface area (Å²) < 4.78 is 6.11. The van der Waals surface area contributed by atoms with Crippen LogP contribution in [0.2, 0.25) is 0 Å². The molecule has 242 valence electrons. The zero-order valence-electron chi connectivity index (χ0n) is 27.9.